The first-order valence-corrected chi connectivity index (χ1v) is 37.0. The van der Waals surface area contributed by atoms with Gasteiger partial charge in [0.2, 0.25) is 88.6 Å². The molecule has 15 amide bonds. The van der Waals surface area contributed by atoms with Crippen molar-refractivity contribution in [2.75, 3.05) is 45.9 Å². The molecular formula is C69H117N17O26. The highest BCUT2D eigenvalue weighted by molar-refractivity contribution is 6.01. The number of carboxylic acids is 4. The van der Waals surface area contributed by atoms with E-state index >= 15 is 0 Å². The van der Waals surface area contributed by atoms with E-state index in [2.05, 4.69) is 69.1 Å². The Morgan fingerprint density at radius 1 is 0.402 bits per heavy atom. The number of nitrogens with one attached hydrogen (secondary N) is 14. The molecule has 0 aromatic carbocycles. The van der Waals surface area contributed by atoms with Crippen LogP contribution in [0.25, 0.3) is 0 Å². The van der Waals surface area contributed by atoms with Gasteiger partial charge in [0.25, 0.3) is 0 Å². The summed E-state index contributed by atoms with van der Waals surface area (Å²) < 4.78 is 0. The summed E-state index contributed by atoms with van der Waals surface area (Å²) in [6.45, 7) is 13.3. The van der Waals surface area contributed by atoms with Crippen molar-refractivity contribution in [1.82, 2.24) is 79.3 Å². The quantitative estimate of drug-likeness (QED) is 0.0252. The topological polar surface area (TPSA) is 690 Å². The van der Waals surface area contributed by atoms with Gasteiger partial charge in [-0.1, -0.05) is 69.2 Å². The van der Waals surface area contributed by atoms with Crippen molar-refractivity contribution in [2.45, 2.75) is 244 Å². The van der Waals surface area contributed by atoms with Crippen LogP contribution in [0.5, 0.6) is 0 Å². The number of likely N-dealkylation sites (tertiary alicyclic amines) is 1. The molecule has 1 saturated heterocycles. The summed E-state index contributed by atoms with van der Waals surface area (Å²) in [6.07, 6.45) is -4.02. The van der Waals surface area contributed by atoms with Gasteiger partial charge in [0, 0.05) is 19.4 Å². The highest BCUT2D eigenvalue weighted by atomic mass is 16.4. The monoisotopic (exact) mass is 1600 g/mol. The summed E-state index contributed by atoms with van der Waals surface area (Å²) in [5, 5.41) is 101. The predicted molar refractivity (Wildman–Crippen MR) is 393 cm³/mol. The van der Waals surface area contributed by atoms with Gasteiger partial charge in [-0.15, -0.1) is 0 Å². The third-order valence-corrected chi connectivity index (χ3v) is 17.2. The van der Waals surface area contributed by atoms with Gasteiger partial charge in [-0.25, -0.2) is 4.79 Å². The molecule has 0 unspecified atom stereocenters. The summed E-state index contributed by atoms with van der Waals surface area (Å²) >= 11 is 0. The SMILES string of the molecule is CC(C)C[C@H](NC(=O)[C@H](CCCCN)NC(=O)[C@@H](N)CO)C(=O)NCC(=O)N[C@@H](CC(=O)O)C(=O)N[C@@H](CC(C)C)C(=O)N[C@H](C(=O)N[C@H](C(=O)N[C@H](C(=O)N[C@@H](CO)C(=O)N[C@@H](CC(C)C)C(=O)N1CCC[C@H]1C(=O)NCC(=O)NCC(=O)N[C@@H](CCC(=O)O)C(=O)N[C@@H](CCC(=O)O)C(=O)O)C(C)C)[C@@H](C)O)C(C)C. The Balaban J connectivity index is 3.25. The smallest absolute Gasteiger partial charge is 0.326 e. The molecule has 1 aliphatic heterocycles. The molecule has 0 radical (unpaired) electrons. The molecule has 112 heavy (non-hydrogen) atoms. The van der Waals surface area contributed by atoms with Gasteiger partial charge in [-0.05, 0) is 107 Å². The number of aliphatic carboxylic acids is 4. The standard InChI is InChI=1S/C69H117N17O26/c1-32(2)23-42(79-59(101)39(15-12-13-21-70)77-57(99)38(71)30-87)58(100)73-29-50(92)76-44(26-53(97)98)61(103)80-43(24-33(3)4)62(104)83-55(36(9)10)66(108)85-56(37(11)89)67(109)84-54(35(7)8)65(107)82-46(31-88)63(105)81-45(25-34(5)6)68(110)86-22-14-16-47(86)64(106)74-27-48(90)72-28-49(91)75-40(17-19-51(93)94)60(102)78-41(69(111)112)18-20-52(95)96/h32-47,54-56,87-89H,12-31,70-71H2,1-11H3,(H,72,90)(H,73,100)(H,74,106)(H,75,91)(H,76,92)(H,77,99)(H,78,102)(H,79,101)(H,80,103)(H,81,105)(H,82,107)(H,83,104)(H,84,109)(H,85,108)(H,93,94)(H,95,96)(H,97,98)(H,111,112)/t37-,38+,39+,40+,41+,42+,43+,44+,45+,46+,47+,54+,55+,56+/m1/s1. The van der Waals surface area contributed by atoms with Gasteiger partial charge >= 0.3 is 23.9 Å². The van der Waals surface area contributed by atoms with Gasteiger partial charge in [0.1, 0.15) is 78.5 Å². The fourth-order valence-corrected chi connectivity index (χ4v) is 11.2. The number of unbranched alkanes of at least 4 members (excludes halogenated alkanes) is 1. The van der Waals surface area contributed by atoms with Gasteiger partial charge < -0.3 is 127 Å². The van der Waals surface area contributed by atoms with E-state index in [-0.39, 0.29) is 69.4 Å². The number of amides is 15. The van der Waals surface area contributed by atoms with E-state index in [0.29, 0.717) is 12.8 Å². The molecule has 0 saturated carbocycles. The molecule has 1 heterocycles. The number of nitrogens with two attached hydrogens (primary N) is 2. The van der Waals surface area contributed by atoms with Crippen LogP contribution in [0.15, 0.2) is 0 Å². The Labute approximate surface area is 647 Å². The third-order valence-electron chi connectivity index (χ3n) is 17.2. The fraction of sp³-hybridized carbons (Fsp3) is 0.725. The van der Waals surface area contributed by atoms with Gasteiger partial charge in [0.15, 0.2) is 0 Å². The molecule has 0 aromatic heterocycles. The maximum Gasteiger partial charge on any atom is 0.326 e. The zero-order valence-corrected chi connectivity index (χ0v) is 65.1. The number of carboxylic acid groups (broad SMARTS) is 4. The molecule has 43 nitrogen and oxygen atoms in total. The molecule has 0 spiro atoms. The largest absolute Gasteiger partial charge is 0.481 e. The van der Waals surface area contributed by atoms with Crippen LogP contribution in [-0.4, -0.2) is 284 Å². The van der Waals surface area contributed by atoms with E-state index < -0.39 is 274 Å². The maximum atomic E-state index is 14.3. The minimum absolute atomic E-state index is 0.00863. The lowest BCUT2D eigenvalue weighted by Gasteiger charge is -2.31. The number of hydrogen-bond donors (Lipinski definition) is 23. The average Bonchev–Trinajstić information content (AvgIpc) is 1.58. The maximum absolute atomic E-state index is 14.3. The molecule has 1 fully saturated rings. The van der Waals surface area contributed by atoms with Gasteiger partial charge in [0.05, 0.1) is 45.4 Å². The van der Waals surface area contributed by atoms with Crippen LogP contribution in [0.4, 0.5) is 0 Å². The Morgan fingerprint density at radius 3 is 1.29 bits per heavy atom. The molecule has 0 bridgehead atoms. The van der Waals surface area contributed by atoms with Crippen molar-refractivity contribution in [1.29, 1.82) is 0 Å². The molecule has 1 rings (SSSR count). The summed E-state index contributed by atoms with van der Waals surface area (Å²) in [4.78, 5) is 251. The lowest BCUT2D eigenvalue weighted by atomic mass is 9.98. The zero-order chi connectivity index (χ0) is 85.6. The number of carbonyl (C=O) groups is 19. The van der Waals surface area contributed by atoms with E-state index in [1.54, 1.807) is 41.5 Å². The minimum atomic E-state index is -1.88. The van der Waals surface area contributed by atoms with Crippen LogP contribution in [0.3, 0.4) is 0 Å². The van der Waals surface area contributed by atoms with Crippen LogP contribution in [0.2, 0.25) is 0 Å². The second kappa shape index (κ2) is 50.6. The summed E-state index contributed by atoms with van der Waals surface area (Å²) in [6, 6.07) is -20.0. The van der Waals surface area contributed by atoms with E-state index in [1.807, 2.05) is 5.32 Å². The van der Waals surface area contributed by atoms with Crippen molar-refractivity contribution in [3.05, 3.63) is 0 Å². The predicted octanol–water partition coefficient (Wildman–Crippen LogP) is -7.78. The molecule has 634 valence electrons. The first-order valence-electron chi connectivity index (χ1n) is 37.0. The van der Waals surface area contributed by atoms with E-state index in [0.717, 1.165) is 11.8 Å². The van der Waals surface area contributed by atoms with Crippen LogP contribution in [0.1, 0.15) is 160 Å². The lowest BCUT2D eigenvalue weighted by molar-refractivity contribution is -0.144. The summed E-state index contributed by atoms with van der Waals surface area (Å²) in [7, 11) is 0. The minimum Gasteiger partial charge on any atom is -0.481 e. The number of carbonyl (C=O) groups excluding carboxylic acids is 15. The van der Waals surface area contributed by atoms with E-state index in [9.17, 15) is 117 Å². The number of nitrogens with zero attached hydrogens (tertiary/aromatic N) is 1. The normalized spacial score (nSPS) is 16.1. The Morgan fingerprint density at radius 2 is 0.804 bits per heavy atom. The Bertz CT molecular complexity index is 3260. The van der Waals surface area contributed by atoms with E-state index in [4.69, 9.17) is 21.7 Å². The zero-order valence-electron chi connectivity index (χ0n) is 65.1. The van der Waals surface area contributed by atoms with Crippen molar-refractivity contribution >= 4 is 112 Å². The highest BCUT2D eigenvalue weighted by Gasteiger charge is 2.42. The lowest BCUT2D eigenvalue weighted by Crippen LogP contribution is -2.63. The van der Waals surface area contributed by atoms with Crippen molar-refractivity contribution in [3.8, 4) is 0 Å². The fourth-order valence-electron chi connectivity index (χ4n) is 11.2. The molecular weight excluding hydrogens is 1480 g/mol. The third kappa shape index (κ3) is 37.2. The molecule has 14 atom stereocenters. The molecule has 43 heteroatoms. The Kier molecular flexibility index (Phi) is 45.0. The first-order chi connectivity index (χ1) is 52.3. The molecule has 1 aliphatic rings. The van der Waals surface area contributed by atoms with E-state index in [1.165, 1.54) is 27.7 Å². The van der Waals surface area contributed by atoms with Crippen molar-refractivity contribution < 1.29 is 127 Å². The number of rotatable bonds is 53. The molecule has 0 aliphatic carbocycles. The number of aliphatic hydroxyl groups is 3. The van der Waals surface area contributed by atoms with Crippen LogP contribution >= 0.6 is 0 Å². The average molecular weight is 1600 g/mol. The Hall–Kier alpha value is -10.3. The first kappa shape index (κ1) is 99.7. The van der Waals surface area contributed by atoms with Crippen LogP contribution < -0.4 is 85.9 Å². The molecule has 0 aromatic rings. The summed E-state index contributed by atoms with van der Waals surface area (Å²) in [5.74, 6) is -23.4. The van der Waals surface area contributed by atoms with Crippen molar-refractivity contribution in [3.63, 3.8) is 0 Å². The molecule has 25 N–H and O–H groups in total. The second-order valence-corrected chi connectivity index (χ2v) is 29.1. The van der Waals surface area contributed by atoms with Crippen LogP contribution in [0, 0.1) is 29.6 Å². The van der Waals surface area contributed by atoms with Gasteiger partial charge in [-0.2, -0.15) is 0 Å². The second-order valence-electron chi connectivity index (χ2n) is 29.1. The number of hydrogen-bond acceptors (Lipinski definition) is 24. The van der Waals surface area contributed by atoms with Crippen molar-refractivity contribution in [2.24, 2.45) is 41.1 Å². The van der Waals surface area contributed by atoms with Crippen LogP contribution in [-0.2, 0) is 91.1 Å². The number of aliphatic hydroxyl groups excluding tert-OH is 3. The van der Waals surface area contributed by atoms with Gasteiger partial charge in [-0.3, -0.25) is 86.3 Å². The summed E-state index contributed by atoms with van der Waals surface area (Å²) in [5.41, 5.74) is 11.2. The highest BCUT2D eigenvalue weighted by Crippen LogP contribution is 2.21.